The number of rotatable bonds is 3. The number of hydrogen-bond donors (Lipinski definition) is 1. The first kappa shape index (κ1) is 18.9. The van der Waals surface area contributed by atoms with Crippen LogP contribution >= 0.6 is 12.4 Å². The number of carbonyl (C=O) groups is 1. The van der Waals surface area contributed by atoms with Crippen LogP contribution in [0, 0.1) is 0 Å². The molecule has 0 saturated carbocycles. The lowest BCUT2D eigenvalue weighted by Crippen LogP contribution is -2.52. The Morgan fingerprint density at radius 1 is 1.27 bits per heavy atom. The third kappa shape index (κ3) is 3.26. The molecule has 1 aliphatic carbocycles. The lowest BCUT2D eigenvalue weighted by atomic mass is 10.1. The predicted octanol–water partition coefficient (Wildman–Crippen LogP) is 2.78. The van der Waals surface area contributed by atoms with Gasteiger partial charge in [-0.2, -0.15) is 5.10 Å². The summed E-state index contributed by atoms with van der Waals surface area (Å²) in [6, 6.07) is 8.75. The SMILES string of the molecule is CCc1ccc(-n2nc(C(=O)N3CCNC[C@@H]3C)c3c2CCC3)cc1.Cl. The predicted molar refractivity (Wildman–Crippen MR) is 106 cm³/mol. The molecule has 0 bridgehead atoms. The Balaban J connectivity index is 0.00000196. The zero-order chi connectivity index (χ0) is 17.4. The highest BCUT2D eigenvalue weighted by Gasteiger charge is 2.32. The van der Waals surface area contributed by atoms with Crippen molar-refractivity contribution in [3.63, 3.8) is 0 Å². The summed E-state index contributed by atoms with van der Waals surface area (Å²) in [5, 5.41) is 8.12. The minimum atomic E-state index is 0. The summed E-state index contributed by atoms with van der Waals surface area (Å²) in [5.74, 6) is 0.0936. The molecule has 4 rings (SSSR count). The average Bonchev–Trinajstić information content (AvgIpc) is 3.24. The summed E-state index contributed by atoms with van der Waals surface area (Å²) < 4.78 is 2.00. The summed E-state index contributed by atoms with van der Waals surface area (Å²) in [5.41, 5.74) is 5.42. The molecule has 0 spiro atoms. The number of amides is 1. The van der Waals surface area contributed by atoms with E-state index in [2.05, 4.69) is 43.4 Å². The highest BCUT2D eigenvalue weighted by atomic mass is 35.5. The van der Waals surface area contributed by atoms with Crippen LogP contribution in [-0.4, -0.2) is 46.3 Å². The van der Waals surface area contributed by atoms with E-state index in [9.17, 15) is 4.79 Å². The van der Waals surface area contributed by atoms with E-state index < -0.39 is 0 Å². The van der Waals surface area contributed by atoms with Crippen molar-refractivity contribution in [1.82, 2.24) is 20.0 Å². The number of halogens is 1. The van der Waals surface area contributed by atoms with E-state index >= 15 is 0 Å². The van der Waals surface area contributed by atoms with Gasteiger partial charge in [0.25, 0.3) is 5.91 Å². The largest absolute Gasteiger partial charge is 0.332 e. The van der Waals surface area contributed by atoms with Crippen molar-refractivity contribution in [2.24, 2.45) is 0 Å². The van der Waals surface area contributed by atoms with Crippen molar-refractivity contribution >= 4 is 18.3 Å². The monoisotopic (exact) mass is 374 g/mol. The lowest BCUT2D eigenvalue weighted by Gasteiger charge is -2.33. The Kier molecular flexibility index (Phi) is 5.68. The maximum Gasteiger partial charge on any atom is 0.274 e. The van der Waals surface area contributed by atoms with Crippen molar-refractivity contribution in [3.8, 4) is 5.69 Å². The van der Waals surface area contributed by atoms with Crippen LogP contribution in [0.5, 0.6) is 0 Å². The van der Waals surface area contributed by atoms with Gasteiger partial charge in [-0.1, -0.05) is 19.1 Å². The zero-order valence-corrected chi connectivity index (χ0v) is 16.3. The topological polar surface area (TPSA) is 50.2 Å². The van der Waals surface area contributed by atoms with Gasteiger partial charge in [-0.05, 0) is 50.3 Å². The summed E-state index contributed by atoms with van der Waals surface area (Å²) in [6.07, 6.45) is 4.10. The maximum absolute atomic E-state index is 13.1. The molecule has 26 heavy (non-hydrogen) atoms. The van der Waals surface area contributed by atoms with Crippen molar-refractivity contribution < 1.29 is 4.79 Å². The number of aromatic nitrogens is 2. The Hall–Kier alpha value is -1.85. The van der Waals surface area contributed by atoms with E-state index in [4.69, 9.17) is 5.10 Å². The Morgan fingerprint density at radius 3 is 2.73 bits per heavy atom. The van der Waals surface area contributed by atoms with E-state index in [1.54, 1.807) is 0 Å². The van der Waals surface area contributed by atoms with E-state index in [0.29, 0.717) is 5.69 Å². The second-order valence-electron chi connectivity index (χ2n) is 7.11. The summed E-state index contributed by atoms with van der Waals surface area (Å²) >= 11 is 0. The number of carbonyl (C=O) groups excluding carboxylic acids is 1. The lowest BCUT2D eigenvalue weighted by molar-refractivity contribution is 0.0648. The molecule has 1 N–H and O–H groups in total. The van der Waals surface area contributed by atoms with Gasteiger partial charge in [0.15, 0.2) is 5.69 Å². The maximum atomic E-state index is 13.1. The molecule has 0 unspecified atom stereocenters. The van der Waals surface area contributed by atoms with Gasteiger partial charge in [0.2, 0.25) is 0 Å². The van der Waals surface area contributed by atoms with Gasteiger partial charge in [0.05, 0.1) is 5.69 Å². The average molecular weight is 375 g/mol. The molecule has 6 heteroatoms. The van der Waals surface area contributed by atoms with Crippen LogP contribution in [0.4, 0.5) is 0 Å². The standard InChI is InChI=1S/C20H26N4O.ClH/c1-3-15-7-9-16(10-8-15)24-18-6-4-5-17(18)19(22-24)20(25)23-12-11-21-13-14(23)2;/h7-10,14,21H,3-6,11-13H2,1-2H3;1H/t14-;/m0./s1. The van der Waals surface area contributed by atoms with Crippen molar-refractivity contribution in [2.75, 3.05) is 19.6 Å². The summed E-state index contributed by atoms with van der Waals surface area (Å²) in [6.45, 7) is 6.73. The number of hydrogen-bond acceptors (Lipinski definition) is 3. The van der Waals surface area contributed by atoms with Crippen molar-refractivity contribution in [1.29, 1.82) is 0 Å². The van der Waals surface area contributed by atoms with E-state index in [1.807, 2.05) is 9.58 Å². The number of piperazine rings is 1. The summed E-state index contributed by atoms with van der Waals surface area (Å²) in [4.78, 5) is 15.1. The minimum Gasteiger partial charge on any atom is -0.332 e. The normalized spacial score (nSPS) is 19.2. The molecule has 1 atom stereocenters. The second-order valence-corrected chi connectivity index (χ2v) is 7.11. The second kappa shape index (κ2) is 7.80. The first-order chi connectivity index (χ1) is 12.2. The van der Waals surface area contributed by atoms with E-state index in [-0.39, 0.29) is 24.4 Å². The van der Waals surface area contributed by atoms with E-state index in [0.717, 1.165) is 56.6 Å². The molecular formula is C20H27ClN4O. The molecule has 1 fully saturated rings. The first-order valence-corrected chi connectivity index (χ1v) is 9.40. The molecule has 1 aromatic heterocycles. The van der Waals surface area contributed by atoms with Crippen LogP contribution < -0.4 is 5.32 Å². The molecule has 2 aromatic rings. The first-order valence-electron chi connectivity index (χ1n) is 9.40. The third-order valence-electron chi connectivity index (χ3n) is 5.48. The number of nitrogens with zero attached hydrogens (tertiary/aromatic N) is 3. The van der Waals surface area contributed by atoms with Crippen LogP contribution in [0.25, 0.3) is 5.69 Å². The minimum absolute atomic E-state index is 0. The van der Waals surface area contributed by atoms with Gasteiger partial charge in [-0.15, -0.1) is 12.4 Å². The Morgan fingerprint density at radius 2 is 2.04 bits per heavy atom. The molecule has 5 nitrogen and oxygen atoms in total. The number of fused-ring (bicyclic) bond motifs is 1. The van der Waals surface area contributed by atoms with Crippen LogP contribution in [0.2, 0.25) is 0 Å². The fourth-order valence-corrected chi connectivity index (χ4v) is 3.97. The van der Waals surface area contributed by atoms with Gasteiger partial charge in [0.1, 0.15) is 0 Å². The molecular weight excluding hydrogens is 348 g/mol. The molecule has 1 aromatic carbocycles. The highest BCUT2D eigenvalue weighted by Crippen LogP contribution is 2.29. The molecule has 1 amide bonds. The Bertz CT molecular complexity index is 784. The molecule has 2 aliphatic rings. The van der Waals surface area contributed by atoms with Gasteiger partial charge < -0.3 is 10.2 Å². The van der Waals surface area contributed by atoms with Gasteiger partial charge in [-0.25, -0.2) is 4.68 Å². The van der Waals surface area contributed by atoms with Gasteiger partial charge in [0, 0.05) is 36.9 Å². The smallest absolute Gasteiger partial charge is 0.274 e. The number of aryl methyl sites for hydroxylation is 1. The fraction of sp³-hybridized carbons (Fsp3) is 0.500. The van der Waals surface area contributed by atoms with Gasteiger partial charge in [-0.3, -0.25) is 4.79 Å². The van der Waals surface area contributed by atoms with Crippen molar-refractivity contribution in [3.05, 3.63) is 46.8 Å². The molecule has 140 valence electrons. The molecule has 1 aliphatic heterocycles. The zero-order valence-electron chi connectivity index (χ0n) is 15.5. The fourth-order valence-electron chi connectivity index (χ4n) is 3.97. The third-order valence-corrected chi connectivity index (χ3v) is 5.48. The van der Waals surface area contributed by atoms with Crippen LogP contribution in [-0.2, 0) is 19.3 Å². The Labute approximate surface area is 161 Å². The van der Waals surface area contributed by atoms with Crippen LogP contribution in [0.3, 0.4) is 0 Å². The number of benzene rings is 1. The van der Waals surface area contributed by atoms with Crippen molar-refractivity contribution in [2.45, 2.75) is 45.6 Å². The quantitative estimate of drug-likeness (QED) is 0.898. The number of nitrogens with one attached hydrogen (secondary N) is 1. The molecule has 2 heterocycles. The molecule has 1 saturated heterocycles. The van der Waals surface area contributed by atoms with E-state index in [1.165, 1.54) is 11.3 Å². The highest BCUT2D eigenvalue weighted by molar-refractivity contribution is 5.94. The van der Waals surface area contributed by atoms with Crippen LogP contribution in [0.1, 0.15) is 47.6 Å². The van der Waals surface area contributed by atoms with Gasteiger partial charge >= 0.3 is 0 Å². The van der Waals surface area contributed by atoms with Crippen LogP contribution in [0.15, 0.2) is 24.3 Å². The molecule has 0 radical (unpaired) electrons. The summed E-state index contributed by atoms with van der Waals surface area (Å²) in [7, 11) is 0.